The van der Waals surface area contributed by atoms with E-state index in [0.717, 1.165) is 24.0 Å². The third kappa shape index (κ3) is 4.12. The first-order chi connectivity index (χ1) is 12.0. The Kier molecular flexibility index (Phi) is 4.93. The highest BCUT2D eigenvalue weighted by atomic mass is 16.6. The minimum absolute atomic E-state index is 0.0341. The summed E-state index contributed by atoms with van der Waals surface area (Å²) in [7, 11) is 0. The van der Waals surface area contributed by atoms with E-state index in [4.69, 9.17) is 0 Å². The number of nitro groups is 1. The zero-order valence-electron chi connectivity index (χ0n) is 14.1. The average molecular weight is 336 g/mol. The number of amides is 1. The van der Waals surface area contributed by atoms with Gasteiger partial charge in [-0.3, -0.25) is 14.9 Å². The van der Waals surface area contributed by atoms with Gasteiger partial charge >= 0.3 is 0 Å². The summed E-state index contributed by atoms with van der Waals surface area (Å²) in [5, 5.41) is 13.6. The van der Waals surface area contributed by atoms with Crippen molar-refractivity contribution >= 4 is 17.7 Å². The second-order valence-electron chi connectivity index (χ2n) is 6.29. The third-order valence-electron chi connectivity index (χ3n) is 4.51. The van der Waals surface area contributed by atoms with Gasteiger partial charge < -0.3 is 5.32 Å². The van der Waals surface area contributed by atoms with Crippen LogP contribution >= 0.6 is 0 Å². The molecule has 0 aromatic heterocycles. The molecular formula is C20H20N2O3. The average Bonchev–Trinajstić information content (AvgIpc) is 3.08. The molecule has 0 spiro atoms. The Bertz CT molecular complexity index is 825. The number of nitro benzene ring substituents is 1. The molecule has 128 valence electrons. The summed E-state index contributed by atoms with van der Waals surface area (Å²) in [6, 6.07) is 12.4. The molecule has 2 aromatic carbocycles. The van der Waals surface area contributed by atoms with Gasteiger partial charge in [-0.15, -0.1) is 0 Å². The van der Waals surface area contributed by atoms with E-state index in [2.05, 4.69) is 23.5 Å². The highest BCUT2D eigenvalue weighted by Crippen LogP contribution is 2.25. The third-order valence-corrected chi connectivity index (χ3v) is 4.51. The lowest BCUT2D eigenvalue weighted by Crippen LogP contribution is -2.24. The van der Waals surface area contributed by atoms with Gasteiger partial charge in [0.1, 0.15) is 0 Å². The van der Waals surface area contributed by atoms with Gasteiger partial charge in [0.05, 0.1) is 11.0 Å². The Morgan fingerprint density at radius 3 is 2.60 bits per heavy atom. The van der Waals surface area contributed by atoms with Crippen LogP contribution in [0.25, 0.3) is 6.08 Å². The number of fused-ring (bicyclic) bond motifs is 1. The summed E-state index contributed by atoms with van der Waals surface area (Å²) >= 11 is 0. The Balaban J connectivity index is 1.60. The second kappa shape index (κ2) is 7.30. The summed E-state index contributed by atoms with van der Waals surface area (Å²) in [4.78, 5) is 22.3. The van der Waals surface area contributed by atoms with Crippen LogP contribution in [0.15, 0.2) is 48.5 Å². The van der Waals surface area contributed by atoms with Gasteiger partial charge in [-0.05, 0) is 66.6 Å². The van der Waals surface area contributed by atoms with Crippen LogP contribution in [0.1, 0.15) is 41.6 Å². The number of hydrogen-bond acceptors (Lipinski definition) is 3. The van der Waals surface area contributed by atoms with Crippen molar-refractivity contribution in [2.75, 3.05) is 0 Å². The van der Waals surface area contributed by atoms with Gasteiger partial charge in [-0.2, -0.15) is 0 Å². The highest BCUT2D eigenvalue weighted by Gasteiger charge is 2.14. The number of carbonyl (C=O) groups excluding carboxylic acids is 1. The summed E-state index contributed by atoms with van der Waals surface area (Å²) in [6.45, 7) is 1.97. The van der Waals surface area contributed by atoms with Crippen molar-refractivity contribution in [3.63, 3.8) is 0 Å². The second-order valence-corrected chi connectivity index (χ2v) is 6.29. The molecule has 1 aliphatic rings. The molecule has 1 unspecified atom stereocenters. The van der Waals surface area contributed by atoms with Crippen LogP contribution in [0.5, 0.6) is 0 Å². The van der Waals surface area contributed by atoms with Crippen molar-refractivity contribution in [3.05, 3.63) is 80.9 Å². The standard InChI is InChI=1S/C20H20N2O3/c1-14(17-9-8-16-3-2-4-18(16)13-17)21-20(23)12-7-15-5-10-19(11-6-15)22(24)25/h5-14H,2-4H2,1H3,(H,21,23)/b12-7+. The zero-order valence-corrected chi connectivity index (χ0v) is 14.1. The van der Waals surface area contributed by atoms with E-state index in [1.54, 1.807) is 18.2 Å². The van der Waals surface area contributed by atoms with Crippen molar-refractivity contribution in [2.24, 2.45) is 0 Å². The Labute approximate surface area is 146 Å². The van der Waals surface area contributed by atoms with Crippen LogP contribution in [0.2, 0.25) is 0 Å². The first kappa shape index (κ1) is 16.9. The van der Waals surface area contributed by atoms with Crippen LogP contribution in [-0.2, 0) is 17.6 Å². The van der Waals surface area contributed by atoms with Gasteiger partial charge in [0.15, 0.2) is 0 Å². The smallest absolute Gasteiger partial charge is 0.269 e. The molecular weight excluding hydrogens is 316 g/mol. The fourth-order valence-electron chi connectivity index (χ4n) is 3.08. The van der Waals surface area contributed by atoms with Gasteiger partial charge in [0, 0.05) is 18.2 Å². The van der Waals surface area contributed by atoms with Crippen LogP contribution in [-0.4, -0.2) is 10.8 Å². The van der Waals surface area contributed by atoms with Crippen molar-refractivity contribution in [1.82, 2.24) is 5.32 Å². The van der Waals surface area contributed by atoms with Crippen LogP contribution in [0.3, 0.4) is 0 Å². The van der Waals surface area contributed by atoms with Gasteiger partial charge in [-0.25, -0.2) is 0 Å². The first-order valence-electron chi connectivity index (χ1n) is 8.37. The molecule has 5 heteroatoms. The van der Waals surface area contributed by atoms with Crippen molar-refractivity contribution < 1.29 is 9.72 Å². The minimum Gasteiger partial charge on any atom is -0.346 e. The fourth-order valence-corrected chi connectivity index (χ4v) is 3.08. The molecule has 2 aromatic rings. The SMILES string of the molecule is CC(NC(=O)/C=C/c1ccc([N+](=O)[O-])cc1)c1ccc2c(c1)CCC2. The van der Waals surface area contributed by atoms with E-state index < -0.39 is 4.92 Å². The Hall–Kier alpha value is -2.95. The zero-order chi connectivity index (χ0) is 17.8. The lowest BCUT2D eigenvalue weighted by atomic mass is 10.0. The Morgan fingerprint density at radius 2 is 1.88 bits per heavy atom. The monoisotopic (exact) mass is 336 g/mol. The molecule has 0 bridgehead atoms. The number of benzene rings is 2. The fraction of sp³-hybridized carbons (Fsp3) is 0.250. The van der Waals surface area contributed by atoms with Gasteiger partial charge in [0.25, 0.3) is 5.69 Å². The number of non-ortho nitro benzene ring substituents is 1. The number of aryl methyl sites for hydroxylation is 2. The largest absolute Gasteiger partial charge is 0.346 e. The molecule has 0 fully saturated rings. The van der Waals surface area contributed by atoms with E-state index in [-0.39, 0.29) is 17.6 Å². The molecule has 1 aliphatic carbocycles. The highest BCUT2D eigenvalue weighted by molar-refractivity contribution is 5.92. The van der Waals surface area contributed by atoms with Crippen molar-refractivity contribution in [3.8, 4) is 0 Å². The first-order valence-corrected chi connectivity index (χ1v) is 8.37. The van der Waals surface area contributed by atoms with Crippen molar-refractivity contribution in [1.29, 1.82) is 0 Å². The normalized spacial score (nSPS) is 14.3. The van der Waals surface area contributed by atoms with E-state index in [0.29, 0.717) is 0 Å². The van der Waals surface area contributed by atoms with E-state index in [1.165, 1.54) is 35.8 Å². The molecule has 1 atom stereocenters. The molecule has 5 nitrogen and oxygen atoms in total. The molecule has 1 amide bonds. The summed E-state index contributed by atoms with van der Waals surface area (Å²) in [5.74, 6) is -0.189. The minimum atomic E-state index is -0.446. The summed E-state index contributed by atoms with van der Waals surface area (Å²) < 4.78 is 0. The van der Waals surface area contributed by atoms with Gasteiger partial charge in [0.2, 0.25) is 5.91 Å². The molecule has 1 N–H and O–H groups in total. The van der Waals surface area contributed by atoms with Crippen LogP contribution < -0.4 is 5.32 Å². The maximum absolute atomic E-state index is 12.1. The quantitative estimate of drug-likeness (QED) is 0.510. The number of nitrogens with zero attached hydrogens (tertiary/aromatic N) is 1. The van der Waals surface area contributed by atoms with Crippen molar-refractivity contribution in [2.45, 2.75) is 32.2 Å². The molecule has 0 radical (unpaired) electrons. The molecule has 0 aliphatic heterocycles. The molecule has 25 heavy (non-hydrogen) atoms. The summed E-state index contributed by atoms with van der Waals surface area (Å²) in [5.41, 5.74) is 4.69. The topological polar surface area (TPSA) is 72.2 Å². The van der Waals surface area contributed by atoms with E-state index in [1.807, 2.05) is 6.92 Å². The molecule has 0 heterocycles. The van der Waals surface area contributed by atoms with Gasteiger partial charge in [-0.1, -0.05) is 18.2 Å². The predicted molar refractivity (Wildman–Crippen MR) is 97.2 cm³/mol. The molecule has 3 rings (SSSR count). The van der Waals surface area contributed by atoms with Crippen LogP contribution in [0.4, 0.5) is 5.69 Å². The molecule has 0 saturated heterocycles. The van der Waals surface area contributed by atoms with E-state index >= 15 is 0 Å². The number of carbonyl (C=O) groups is 1. The Morgan fingerprint density at radius 1 is 1.16 bits per heavy atom. The number of nitrogens with one attached hydrogen (secondary N) is 1. The lowest BCUT2D eigenvalue weighted by Gasteiger charge is -2.14. The van der Waals surface area contributed by atoms with E-state index in [9.17, 15) is 14.9 Å². The maximum atomic E-state index is 12.1. The van der Waals surface area contributed by atoms with Crippen LogP contribution in [0, 0.1) is 10.1 Å². The molecule has 0 saturated carbocycles. The lowest BCUT2D eigenvalue weighted by molar-refractivity contribution is -0.384. The number of rotatable bonds is 5. The summed E-state index contributed by atoms with van der Waals surface area (Å²) in [6.07, 6.45) is 6.56. The number of hydrogen-bond donors (Lipinski definition) is 1. The predicted octanol–water partition coefficient (Wildman–Crippen LogP) is 3.97. The maximum Gasteiger partial charge on any atom is 0.269 e.